The number of nitrogens with zero attached hydrogens (tertiary/aromatic N) is 1. The van der Waals surface area contributed by atoms with Crippen molar-refractivity contribution in [2.75, 3.05) is 11.6 Å². The Balaban J connectivity index is 1.57. The third-order valence-corrected chi connectivity index (χ3v) is 5.91. The Labute approximate surface area is 179 Å². The van der Waals surface area contributed by atoms with Crippen LogP contribution < -0.4 is 15.3 Å². The number of fused-ring (bicyclic) bond motifs is 3. The van der Waals surface area contributed by atoms with Crippen molar-refractivity contribution in [2.24, 2.45) is 0 Å². The van der Waals surface area contributed by atoms with Gasteiger partial charge in [-0.3, -0.25) is 0 Å². The second-order valence-electron chi connectivity index (χ2n) is 7.52. The second-order valence-corrected chi connectivity index (χ2v) is 7.96. The molecule has 5 rings (SSSR count). The van der Waals surface area contributed by atoms with Crippen molar-refractivity contribution in [1.29, 1.82) is 0 Å². The van der Waals surface area contributed by atoms with Gasteiger partial charge in [-0.1, -0.05) is 41.9 Å². The standard InChI is InChI=1S/C25H20ClNO3/c1-16-20-11-12-23-22(14-27(15-29-23)19-9-7-18(26)8-10-19)24(20)30-25(28)21(16)13-17-5-3-2-4-6-17/h2-12H,13-15H2,1H3. The van der Waals surface area contributed by atoms with Crippen molar-refractivity contribution >= 4 is 28.3 Å². The number of hydrogen-bond acceptors (Lipinski definition) is 4. The first-order valence-electron chi connectivity index (χ1n) is 9.85. The third kappa shape index (κ3) is 3.33. The van der Waals surface area contributed by atoms with Gasteiger partial charge < -0.3 is 14.1 Å². The van der Waals surface area contributed by atoms with Crippen LogP contribution in [0.2, 0.25) is 5.02 Å². The topological polar surface area (TPSA) is 42.7 Å². The molecule has 150 valence electrons. The molecule has 2 heterocycles. The number of anilines is 1. The number of aryl methyl sites for hydroxylation is 1. The van der Waals surface area contributed by atoms with E-state index in [1.54, 1.807) is 0 Å². The first-order valence-corrected chi connectivity index (χ1v) is 10.2. The van der Waals surface area contributed by atoms with Crippen molar-refractivity contribution in [3.8, 4) is 5.75 Å². The Hall–Kier alpha value is -3.24. The Kier molecular flexibility index (Phi) is 4.72. The maximum atomic E-state index is 12.9. The first-order chi connectivity index (χ1) is 14.6. The maximum absolute atomic E-state index is 12.9. The zero-order valence-electron chi connectivity index (χ0n) is 16.5. The van der Waals surface area contributed by atoms with Crippen LogP contribution in [-0.2, 0) is 13.0 Å². The molecule has 30 heavy (non-hydrogen) atoms. The van der Waals surface area contributed by atoms with Crippen molar-refractivity contribution in [2.45, 2.75) is 19.9 Å². The van der Waals surface area contributed by atoms with E-state index in [4.69, 9.17) is 20.8 Å². The monoisotopic (exact) mass is 417 g/mol. The third-order valence-electron chi connectivity index (χ3n) is 5.66. The molecule has 4 aromatic rings. The minimum atomic E-state index is -0.291. The Morgan fingerprint density at radius 2 is 1.77 bits per heavy atom. The molecule has 4 nitrogen and oxygen atoms in total. The van der Waals surface area contributed by atoms with Gasteiger partial charge in [-0.05, 0) is 54.4 Å². The highest BCUT2D eigenvalue weighted by molar-refractivity contribution is 6.30. The summed E-state index contributed by atoms with van der Waals surface area (Å²) >= 11 is 6.02. The summed E-state index contributed by atoms with van der Waals surface area (Å²) < 4.78 is 11.8. The van der Waals surface area contributed by atoms with Gasteiger partial charge in [0.05, 0.1) is 12.1 Å². The molecule has 0 bridgehead atoms. The second kappa shape index (κ2) is 7.54. The molecule has 1 aliphatic heterocycles. The van der Waals surface area contributed by atoms with Crippen LogP contribution in [0.3, 0.4) is 0 Å². The lowest BCUT2D eigenvalue weighted by atomic mass is 9.97. The van der Waals surface area contributed by atoms with Crippen LogP contribution in [-0.4, -0.2) is 6.73 Å². The lowest BCUT2D eigenvalue weighted by molar-refractivity contribution is 0.289. The van der Waals surface area contributed by atoms with Crippen molar-refractivity contribution in [3.05, 3.63) is 104 Å². The van der Waals surface area contributed by atoms with Gasteiger partial charge >= 0.3 is 5.63 Å². The van der Waals surface area contributed by atoms with Gasteiger partial charge in [0.15, 0.2) is 6.73 Å². The number of benzene rings is 3. The van der Waals surface area contributed by atoms with Crippen LogP contribution in [0.25, 0.3) is 11.0 Å². The largest absolute Gasteiger partial charge is 0.473 e. The number of rotatable bonds is 3. The molecule has 0 atom stereocenters. The zero-order chi connectivity index (χ0) is 20.7. The summed E-state index contributed by atoms with van der Waals surface area (Å²) in [4.78, 5) is 15.0. The van der Waals surface area contributed by atoms with E-state index in [1.807, 2.05) is 73.7 Å². The molecule has 1 aliphatic rings. The summed E-state index contributed by atoms with van der Waals surface area (Å²) in [5, 5.41) is 1.64. The molecule has 3 aromatic carbocycles. The minimum absolute atomic E-state index is 0.291. The van der Waals surface area contributed by atoms with Gasteiger partial charge in [-0.25, -0.2) is 4.79 Å². The SMILES string of the molecule is Cc1c(Cc2ccccc2)c(=O)oc2c3c(ccc12)OCN(c1ccc(Cl)cc1)C3. The normalized spacial score (nSPS) is 13.2. The predicted molar refractivity (Wildman–Crippen MR) is 120 cm³/mol. The van der Waals surface area contributed by atoms with Crippen LogP contribution in [0.5, 0.6) is 5.75 Å². The molecule has 5 heteroatoms. The highest BCUT2D eigenvalue weighted by atomic mass is 35.5. The Morgan fingerprint density at radius 3 is 2.53 bits per heavy atom. The molecule has 0 saturated heterocycles. The van der Waals surface area contributed by atoms with Gasteiger partial charge in [-0.15, -0.1) is 0 Å². The predicted octanol–water partition coefficient (Wildman–Crippen LogP) is 5.70. The van der Waals surface area contributed by atoms with E-state index in [9.17, 15) is 4.79 Å². The number of ether oxygens (including phenoxy) is 1. The van der Waals surface area contributed by atoms with Crippen LogP contribution >= 0.6 is 11.6 Å². The van der Waals surface area contributed by atoms with E-state index < -0.39 is 0 Å². The molecule has 0 radical (unpaired) electrons. The Bertz CT molecular complexity index is 1280. The fraction of sp³-hybridized carbons (Fsp3) is 0.160. The van der Waals surface area contributed by atoms with Crippen molar-refractivity contribution in [1.82, 2.24) is 0 Å². The van der Waals surface area contributed by atoms with Gasteiger partial charge in [-0.2, -0.15) is 0 Å². The highest BCUT2D eigenvalue weighted by Gasteiger charge is 2.23. The molecule has 0 N–H and O–H groups in total. The fourth-order valence-electron chi connectivity index (χ4n) is 3.98. The lowest BCUT2D eigenvalue weighted by Crippen LogP contribution is -2.32. The van der Waals surface area contributed by atoms with E-state index in [1.165, 1.54) is 0 Å². The first kappa shape index (κ1) is 18.8. The molecular formula is C25H20ClNO3. The molecule has 0 fully saturated rings. The fourth-order valence-corrected chi connectivity index (χ4v) is 4.11. The summed E-state index contributed by atoms with van der Waals surface area (Å²) in [6, 6.07) is 21.6. The number of hydrogen-bond donors (Lipinski definition) is 0. The van der Waals surface area contributed by atoms with Gasteiger partial charge in [0.25, 0.3) is 0 Å². The van der Waals surface area contributed by atoms with Crippen LogP contribution in [0, 0.1) is 6.92 Å². The summed E-state index contributed by atoms with van der Waals surface area (Å²) in [6.07, 6.45) is 0.551. The molecule has 0 aliphatic carbocycles. The van der Waals surface area contributed by atoms with Gasteiger partial charge in [0.1, 0.15) is 11.3 Å². The molecule has 0 spiro atoms. The minimum Gasteiger partial charge on any atom is -0.473 e. The van der Waals surface area contributed by atoms with Crippen molar-refractivity contribution in [3.63, 3.8) is 0 Å². The highest BCUT2D eigenvalue weighted by Crippen LogP contribution is 2.35. The molecular weight excluding hydrogens is 398 g/mol. The van der Waals surface area contributed by atoms with Crippen LogP contribution in [0.15, 0.2) is 75.9 Å². The van der Waals surface area contributed by atoms with Gasteiger partial charge in [0.2, 0.25) is 0 Å². The summed E-state index contributed by atoms with van der Waals surface area (Å²) in [6.45, 7) is 3.01. The zero-order valence-corrected chi connectivity index (χ0v) is 17.3. The quantitative estimate of drug-likeness (QED) is 0.401. The Morgan fingerprint density at radius 1 is 1.00 bits per heavy atom. The maximum Gasteiger partial charge on any atom is 0.340 e. The lowest BCUT2D eigenvalue weighted by Gasteiger charge is -2.31. The average molecular weight is 418 g/mol. The van der Waals surface area contributed by atoms with Crippen molar-refractivity contribution < 1.29 is 9.15 Å². The summed E-state index contributed by atoms with van der Waals surface area (Å²) in [7, 11) is 0. The molecule has 0 saturated carbocycles. The number of halogens is 1. The van der Waals surface area contributed by atoms with E-state index in [-0.39, 0.29) is 5.63 Å². The van der Waals surface area contributed by atoms with E-state index in [2.05, 4.69) is 4.90 Å². The summed E-state index contributed by atoms with van der Waals surface area (Å²) in [5.41, 5.74) is 4.94. The smallest absolute Gasteiger partial charge is 0.340 e. The van der Waals surface area contributed by atoms with E-state index in [0.717, 1.165) is 33.5 Å². The molecule has 0 amide bonds. The van der Waals surface area contributed by atoms with E-state index >= 15 is 0 Å². The average Bonchev–Trinajstić information content (AvgIpc) is 2.77. The molecule has 1 aromatic heterocycles. The van der Waals surface area contributed by atoms with Gasteiger partial charge in [0, 0.05) is 28.1 Å². The van der Waals surface area contributed by atoms with E-state index in [0.29, 0.717) is 35.9 Å². The van der Waals surface area contributed by atoms with Crippen LogP contribution in [0.1, 0.15) is 22.3 Å². The summed E-state index contributed by atoms with van der Waals surface area (Å²) in [5.74, 6) is 0.756. The van der Waals surface area contributed by atoms with Crippen LogP contribution in [0.4, 0.5) is 5.69 Å². The molecule has 0 unspecified atom stereocenters.